The second kappa shape index (κ2) is 4.76. The fraction of sp³-hybridized carbons (Fsp3) is 0.412. The average molecular weight is 390 g/mol. The number of hydrogen-bond acceptors (Lipinski definition) is 0. The lowest BCUT2D eigenvalue weighted by molar-refractivity contribution is 0.576. The number of rotatable bonds is 2. The highest BCUT2D eigenvalue weighted by Crippen LogP contribution is 2.82. The van der Waals surface area contributed by atoms with Gasteiger partial charge in [0.15, 0.2) is 4.33 Å². The van der Waals surface area contributed by atoms with Crippen molar-refractivity contribution < 1.29 is 0 Å². The van der Waals surface area contributed by atoms with Crippen LogP contribution in [-0.2, 0) is 14.1 Å². The van der Waals surface area contributed by atoms with Crippen molar-refractivity contribution in [2.45, 2.75) is 25.9 Å². The van der Waals surface area contributed by atoms with Crippen LogP contribution in [0.4, 0.5) is 0 Å². The number of allylic oxidation sites excluding steroid dienone is 2. The summed E-state index contributed by atoms with van der Waals surface area (Å²) in [4.78, 5) is -1.92. The van der Waals surface area contributed by atoms with Crippen LogP contribution in [0.2, 0.25) is 0 Å². The van der Waals surface area contributed by atoms with Gasteiger partial charge >= 0.3 is 0 Å². The summed E-state index contributed by atoms with van der Waals surface area (Å²) in [6.07, 6.45) is 8.14. The molecule has 2 aromatic heterocycles. The van der Waals surface area contributed by atoms with E-state index < -0.39 is 14.1 Å². The van der Waals surface area contributed by atoms with Crippen LogP contribution in [0.25, 0.3) is 0 Å². The number of alkyl halides is 4. The number of aromatic nitrogens is 2. The molecule has 2 nitrogen and oxygen atoms in total. The fourth-order valence-electron chi connectivity index (χ4n) is 3.99. The largest absolute Gasteiger partial charge is 0.354 e. The van der Waals surface area contributed by atoms with Crippen molar-refractivity contribution in [2.75, 3.05) is 0 Å². The quantitative estimate of drug-likeness (QED) is 0.508. The summed E-state index contributed by atoms with van der Waals surface area (Å²) in [7, 11) is 3.96. The number of hydrogen-bond donors (Lipinski definition) is 0. The van der Waals surface area contributed by atoms with Crippen molar-refractivity contribution in [1.29, 1.82) is 0 Å². The zero-order valence-corrected chi connectivity index (χ0v) is 15.7. The third kappa shape index (κ3) is 1.68. The molecule has 0 radical (unpaired) electrons. The summed E-state index contributed by atoms with van der Waals surface area (Å²) in [5, 5.41) is 0. The number of aryl methyl sites for hydroxylation is 2. The van der Waals surface area contributed by atoms with E-state index in [-0.39, 0.29) is 11.8 Å². The molecule has 0 bridgehead atoms. The Balaban J connectivity index is 1.88. The van der Waals surface area contributed by atoms with E-state index in [4.69, 9.17) is 46.4 Å². The van der Waals surface area contributed by atoms with Gasteiger partial charge in [0.1, 0.15) is 9.75 Å². The van der Waals surface area contributed by atoms with Crippen LogP contribution in [-0.4, -0.2) is 23.2 Å². The van der Waals surface area contributed by atoms with Crippen molar-refractivity contribution in [3.63, 3.8) is 0 Å². The Morgan fingerprint density at radius 3 is 1.48 bits per heavy atom. The molecule has 4 atom stereocenters. The molecule has 2 aliphatic carbocycles. The van der Waals surface area contributed by atoms with Gasteiger partial charge in [-0.15, -0.1) is 23.2 Å². The molecule has 4 unspecified atom stereocenters. The highest BCUT2D eigenvalue weighted by Gasteiger charge is 2.91. The van der Waals surface area contributed by atoms with Gasteiger partial charge in [0.25, 0.3) is 0 Å². The van der Waals surface area contributed by atoms with Gasteiger partial charge in [-0.1, -0.05) is 35.4 Å². The maximum absolute atomic E-state index is 7.00. The molecule has 23 heavy (non-hydrogen) atoms. The summed E-state index contributed by atoms with van der Waals surface area (Å²) in [6, 6.07) is 8.02. The minimum Gasteiger partial charge on any atom is -0.354 e. The predicted molar refractivity (Wildman–Crippen MR) is 97.1 cm³/mol. The lowest BCUT2D eigenvalue weighted by Crippen LogP contribution is -2.32. The fourth-order valence-corrected chi connectivity index (χ4v) is 6.30. The van der Waals surface area contributed by atoms with Gasteiger partial charge in [-0.05, 0) is 24.3 Å². The van der Waals surface area contributed by atoms with Crippen molar-refractivity contribution in [2.24, 2.45) is 14.1 Å². The first kappa shape index (κ1) is 16.0. The molecule has 2 aliphatic rings. The average Bonchev–Trinajstić information content (AvgIpc) is 2.96. The van der Waals surface area contributed by atoms with E-state index in [1.54, 1.807) is 0 Å². The first-order valence-electron chi connectivity index (χ1n) is 7.43. The molecule has 122 valence electrons. The van der Waals surface area contributed by atoms with Crippen LogP contribution < -0.4 is 0 Å². The molecule has 0 spiro atoms. The van der Waals surface area contributed by atoms with Crippen LogP contribution in [0, 0.1) is 0 Å². The van der Waals surface area contributed by atoms with Crippen molar-refractivity contribution >= 4 is 46.4 Å². The van der Waals surface area contributed by atoms with Crippen LogP contribution in [0.5, 0.6) is 0 Å². The number of halogens is 4. The monoisotopic (exact) mass is 388 g/mol. The second-order valence-corrected chi connectivity index (χ2v) is 8.95. The molecule has 4 rings (SSSR count). The molecule has 2 aromatic rings. The van der Waals surface area contributed by atoms with E-state index in [9.17, 15) is 0 Å². The first-order chi connectivity index (χ1) is 10.8. The van der Waals surface area contributed by atoms with Crippen molar-refractivity contribution in [3.05, 3.63) is 60.2 Å². The van der Waals surface area contributed by atoms with Crippen LogP contribution in [0.3, 0.4) is 0 Å². The molecule has 0 saturated heterocycles. The molecular formula is C17H16Cl4N2. The van der Waals surface area contributed by atoms with Gasteiger partial charge in [-0.3, -0.25) is 0 Å². The topological polar surface area (TPSA) is 9.86 Å². The highest BCUT2D eigenvalue weighted by molar-refractivity contribution is 6.66. The van der Waals surface area contributed by atoms with Gasteiger partial charge < -0.3 is 9.13 Å². The standard InChI is InChI=1S/C17H16Cl4N2/c1-22-9-3-5-13(22)11-7-8-12(14-6-4-10-23(14)2)16(19)15(11,18)17(16,20)21/h3-12H,1-2H3. The Morgan fingerprint density at radius 2 is 1.17 bits per heavy atom. The zero-order valence-electron chi connectivity index (χ0n) is 12.7. The highest BCUT2D eigenvalue weighted by atomic mass is 35.5. The van der Waals surface area contributed by atoms with Gasteiger partial charge in [0.05, 0.1) is 0 Å². The first-order valence-corrected chi connectivity index (χ1v) is 8.94. The molecule has 2 heterocycles. The Labute approximate surface area is 155 Å². The van der Waals surface area contributed by atoms with Crippen molar-refractivity contribution in [3.8, 4) is 0 Å². The Kier molecular flexibility index (Phi) is 3.30. The third-order valence-corrected chi connectivity index (χ3v) is 8.65. The Hall–Kier alpha value is -0.540. The summed E-state index contributed by atoms with van der Waals surface area (Å²) in [5.41, 5.74) is 2.10. The maximum atomic E-state index is 7.00. The SMILES string of the molecule is Cn1cccc1C1C=CC(c2cccn2C)C2(Cl)C(Cl)(Cl)C12Cl. The molecular weight excluding hydrogens is 374 g/mol. The minimum atomic E-state index is -1.23. The zero-order chi connectivity index (χ0) is 16.6. The molecule has 0 aromatic carbocycles. The molecule has 0 amide bonds. The predicted octanol–water partition coefficient (Wildman–Crippen LogP) is 4.94. The normalized spacial score (nSPS) is 37.7. The molecule has 1 saturated carbocycles. The Bertz CT molecular complexity index is 741. The Morgan fingerprint density at radius 1 is 0.783 bits per heavy atom. The lowest BCUT2D eigenvalue weighted by Gasteiger charge is -2.31. The van der Waals surface area contributed by atoms with E-state index >= 15 is 0 Å². The lowest BCUT2D eigenvalue weighted by atomic mass is 9.84. The van der Waals surface area contributed by atoms with Crippen molar-refractivity contribution in [1.82, 2.24) is 9.13 Å². The number of nitrogens with zero attached hydrogens (tertiary/aromatic N) is 2. The third-order valence-electron chi connectivity index (χ3n) is 5.34. The van der Waals surface area contributed by atoms with Gasteiger partial charge in [0.2, 0.25) is 0 Å². The van der Waals surface area contributed by atoms with E-state index in [1.165, 1.54) is 0 Å². The van der Waals surface area contributed by atoms with Gasteiger partial charge in [-0.25, -0.2) is 0 Å². The van der Waals surface area contributed by atoms with Crippen LogP contribution >= 0.6 is 46.4 Å². The van der Waals surface area contributed by atoms with Crippen LogP contribution in [0.15, 0.2) is 48.8 Å². The van der Waals surface area contributed by atoms with E-state index in [0.717, 1.165) is 11.4 Å². The van der Waals surface area contributed by atoms with Crippen LogP contribution in [0.1, 0.15) is 23.2 Å². The second-order valence-electron chi connectivity index (χ2n) is 6.43. The molecule has 0 N–H and O–H groups in total. The minimum absolute atomic E-state index is 0.145. The van der Waals surface area contributed by atoms with E-state index in [2.05, 4.69) is 12.2 Å². The number of fused-ring (bicyclic) bond motifs is 1. The summed E-state index contributed by atoms with van der Waals surface area (Å²) in [5.74, 6) is -0.290. The van der Waals surface area contributed by atoms with E-state index in [0.29, 0.717) is 0 Å². The molecule has 1 fully saturated rings. The van der Waals surface area contributed by atoms with E-state index in [1.807, 2.05) is 59.9 Å². The van der Waals surface area contributed by atoms with Gasteiger partial charge in [-0.2, -0.15) is 0 Å². The summed E-state index contributed by atoms with van der Waals surface area (Å²) in [6.45, 7) is 0. The molecule has 6 heteroatoms. The summed E-state index contributed by atoms with van der Waals surface area (Å²) >= 11 is 27.3. The smallest absolute Gasteiger partial charge is 0.161 e. The molecule has 0 aliphatic heterocycles. The maximum Gasteiger partial charge on any atom is 0.161 e. The van der Waals surface area contributed by atoms with Gasteiger partial charge in [0, 0.05) is 49.7 Å². The summed E-state index contributed by atoms with van der Waals surface area (Å²) < 4.78 is 2.83.